The molecule has 3 heterocycles. The van der Waals surface area contributed by atoms with Crippen LogP contribution < -0.4 is 10.6 Å². The number of H-pyrrole nitrogens is 1. The van der Waals surface area contributed by atoms with E-state index in [1.54, 1.807) is 12.4 Å². The van der Waals surface area contributed by atoms with Crippen LogP contribution in [0.2, 0.25) is 0 Å². The molecule has 0 atom stereocenters. The van der Waals surface area contributed by atoms with Crippen LogP contribution >= 0.6 is 0 Å². The van der Waals surface area contributed by atoms with E-state index in [1.807, 2.05) is 24.3 Å². The van der Waals surface area contributed by atoms with Crippen molar-refractivity contribution in [2.75, 3.05) is 25.0 Å². The molecule has 0 spiro atoms. The number of amides is 2. The number of nitrogens with zero attached hydrogens (tertiary/aromatic N) is 3. The van der Waals surface area contributed by atoms with Crippen LogP contribution in [0, 0.1) is 11.8 Å². The quantitative estimate of drug-likeness (QED) is 0.497. The van der Waals surface area contributed by atoms with Crippen LogP contribution in [0.5, 0.6) is 0 Å². The van der Waals surface area contributed by atoms with Gasteiger partial charge in [0.2, 0.25) is 5.91 Å². The lowest BCUT2D eigenvalue weighted by Crippen LogP contribution is -2.45. The second-order valence-corrected chi connectivity index (χ2v) is 10.0. The maximum Gasteiger partial charge on any atom is 0.272 e. The van der Waals surface area contributed by atoms with Gasteiger partial charge in [0, 0.05) is 48.7 Å². The van der Waals surface area contributed by atoms with Gasteiger partial charge in [-0.25, -0.2) is 0 Å². The fourth-order valence-electron chi connectivity index (χ4n) is 4.65. The minimum absolute atomic E-state index is 0.0539. The Morgan fingerprint density at radius 3 is 2.62 bits per heavy atom. The van der Waals surface area contributed by atoms with Gasteiger partial charge < -0.3 is 15.5 Å². The van der Waals surface area contributed by atoms with Gasteiger partial charge in [0.25, 0.3) is 5.91 Å². The standard InChI is InChI=1S/C26H32N6O2/c1-16(2)15-32-9-7-20(8-10-32)28-26(34)24-22-12-18(5-6-23(22)30-31-24)19-11-21(14-27-13-19)29-25(33)17-3-4-17/h5-6,11-14,16-17,20H,3-4,7-10,15H2,1-2H3,(H,28,34)(H,29,33)(H,30,31). The summed E-state index contributed by atoms with van der Waals surface area (Å²) in [7, 11) is 0. The van der Waals surface area contributed by atoms with Crippen molar-refractivity contribution in [3.63, 3.8) is 0 Å². The number of carbonyl (C=O) groups is 2. The molecule has 2 aliphatic rings. The second kappa shape index (κ2) is 9.54. The van der Waals surface area contributed by atoms with Crippen molar-refractivity contribution in [3.8, 4) is 11.1 Å². The van der Waals surface area contributed by atoms with Crippen molar-refractivity contribution in [2.24, 2.45) is 11.8 Å². The van der Waals surface area contributed by atoms with E-state index in [9.17, 15) is 9.59 Å². The molecule has 1 aliphatic heterocycles. The first-order valence-electron chi connectivity index (χ1n) is 12.2. The number of likely N-dealkylation sites (tertiary alicyclic amines) is 1. The molecule has 178 valence electrons. The van der Waals surface area contributed by atoms with Crippen LogP contribution in [0.25, 0.3) is 22.0 Å². The number of anilines is 1. The summed E-state index contributed by atoms with van der Waals surface area (Å²) >= 11 is 0. The number of aromatic amines is 1. The smallest absolute Gasteiger partial charge is 0.272 e. The van der Waals surface area contributed by atoms with Crippen LogP contribution in [-0.2, 0) is 4.79 Å². The molecule has 2 amide bonds. The zero-order chi connectivity index (χ0) is 23.7. The molecule has 1 saturated carbocycles. The van der Waals surface area contributed by atoms with Crippen molar-refractivity contribution < 1.29 is 9.59 Å². The monoisotopic (exact) mass is 460 g/mol. The highest BCUT2D eigenvalue weighted by atomic mass is 16.2. The number of pyridine rings is 1. The zero-order valence-corrected chi connectivity index (χ0v) is 19.8. The molecule has 1 saturated heterocycles. The lowest BCUT2D eigenvalue weighted by atomic mass is 10.0. The highest BCUT2D eigenvalue weighted by Crippen LogP contribution is 2.31. The minimum Gasteiger partial charge on any atom is -0.348 e. The number of aromatic nitrogens is 3. The Morgan fingerprint density at radius 2 is 1.88 bits per heavy atom. The number of carbonyl (C=O) groups excluding carboxylic acids is 2. The predicted octanol–water partition coefficient (Wildman–Crippen LogP) is 3.82. The van der Waals surface area contributed by atoms with Crippen LogP contribution in [0.1, 0.15) is 50.0 Å². The lowest BCUT2D eigenvalue weighted by molar-refractivity contribution is -0.117. The van der Waals surface area contributed by atoms with Crippen LogP contribution in [-0.4, -0.2) is 57.6 Å². The summed E-state index contributed by atoms with van der Waals surface area (Å²) in [6.07, 6.45) is 7.24. The van der Waals surface area contributed by atoms with Crippen LogP contribution in [0.3, 0.4) is 0 Å². The SMILES string of the molecule is CC(C)CN1CCC(NC(=O)c2n[nH]c3ccc(-c4cncc(NC(=O)C5CC5)c4)cc23)CC1. The van der Waals surface area contributed by atoms with Gasteiger partial charge in [-0.05, 0) is 55.4 Å². The highest BCUT2D eigenvalue weighted by molar-refractivity contribution is 6.05. The lowest BCUT2D eigenvalue weighted by Gasteiger charge is -2.33. The second-order valence-electron chi connectivity index (χ2n) is 10.0. The molecule has 8 heteroatoms. The van der Waals surface area contributed by atoms with E-state index in [1.165, 1.54) is 0 Å². The molecule has 3 N–H and O–H groups in total. The van der Waals surface area contributed by atoms with Gasteiger partial charge in [0.05, 0.1) is 17.4 Å². The molecule has 2 aromatic heterocycles. The van der Waals surface area contributed by atoms with Crippen molar-refractivity contribution in [3.05, 3.63) is 42.4 Å². The van der Waals surface area contributed by atoms with E-state index in [2.05, 4.69) is 44.6 Å². The van der Waals surface area contributed by atoms with Crippen molar-refractivity contribution in [1.29, 1.82) is 0 Å². The van der Waals surface area contributed by atoms with Crippen molar-refractivity contribution >= 4 is 28.4 Å². The topological polar surface area (TPSA) is 103 Å². The summed E-state index contributed by atoms with van der Waals surface area (Å²) in [5.74, 6) is 0.697. The fraction of sp³-hybridized carbons (Fsp3) is 0.462. The summed E-state index contributed by atoms with van der Waals surface area (Å²) in [4.78, 5) is 32.0. The Bertz CT molecular complexity index is 1190. The predicted molar refractivity (Wildman–Crippen MR) is 132 cm³/mol. The van der Waals surface area contributed by atoms with E-state index in [0.29, 0.717) is 17.3 Å². The van der Waals surface area contributed by atoms with Gasteiger partial charge >= 0.3 is 0 Å². The molecule has 34 heavy (non-hydrogen) atoms. The van der Waals surface area contributed by atoms with E-state index >= 15 is 0 Å². The van der Waals surface area contributed by atoms with Crippen LogP contribution in [0.4, 0.5) is 5.69 Å². The first-order valence-corrected chi connectivity index (χ1v) is 12.2. The molecule has 2 fully saturated rings. The number of rotatable bonds is 7. The average Bonchev–Trinajstić information content (AvgIpc) is 3.59. The first-order chi connectivity index (χ1) is 16.5. The van der Waals surface area contributed by atoms with E-state index in [4.69, 9.17) is 0 Å². The number of piperidine rings is 1. The molecule has 0 bridgehead atoms. The maximum atomic E-state index is 13.1. The summed E-state index contributed by atoms with van der Waals surface area (Å²) in [6, 6.07) is 7.94. The number of hydrogen-bond donors (Lipinski definition) is 3. The van der Waals surface area contributed by atoms with Gasteiger partial charge in [-0.15, -0.1) is 0 Å². The van der Waals surface area contributed by atoms with Crippen LogP contribution in [0.15, 0.2) is 36.7 Å². The number of benzene rings is 1. The molecular formula is C26H32N6O2. The Balaban J connectivity index is 1.30. The Kier molecular flexibility index (Phi) is 6.32. The first kappa shape index (κ1) is 22.5. The van der Waals surface area contributed by atoms with Gasteiger partial charge in [-0.1, -0.05) is 19.9 Å². The zero-order valence-electron chi connectivity index (χ0n) is 19.8. The Labute approximate surface area is 199 Å². The molecule has 0 unspecified atom stereocenters. The third-order valence-electron chi connectivity index (χ3n) is 6.61. The van der Waals surface area contributed by atoms with Gasteiger partial charge in [0.1, 0.15) is 0 Å². The molecular weight excluding hydrogens is 428 g/mol. The molecule has 1 aromatic carbocycles. The number of fused-ring (bicyclic) bond motifs is 1. The number of nitrogens with one attached hydrogen (secondary N) is 3. The van der Waals surface area contributed by atoms with Gasteiger partial charge in [-0.2, -0.15) is 5.10 Å². The normalized spacial score (nSPS) is 17.3. The summed E-state index contributed by atoms with van der Waals surface area (Å²) in [5, 5.41) is 14.2. The third-order valence-corrected chi connectivity index (χ3v) is 6.61. The highest BCUT2D eigenvalue weighted by Gasteiger charge is 2.29. The largest absolute Gasteiger partial charge is 0.348 e. The summed E-state index contributed by atoms with van der Waals surface area (Å²) < 4.78 is 0. The molecule has 1 aliphatic carbocycles. The van der Waals surface area contributed by atoms with Crippen molar-refractivity contribution in [1.82, 2.24) is 25.4 Å². The fourth-order valence-corrected chi connectivity index (χ4v) is 4.65. The minimum atomic E-state index is -0.144. The van der Waals surface area contributed by atoms with Crippen molar-refractivity contribution in [2.45, 2.75) is 45.6 Å². The summed E-state index contributed by atoms with van der Waals surface area (Å²) in [5.41, 5.74) is 3.70. The third kappa shape index (κ3) is 5.12. The average molecular weight is 461 g/mol. The summed E-state index contributed by atoms with van der Waals surface area (Å²) in [6.45, 7) is 7.60. The Hall–Kier alpha value is -3.26. The number of hydrogen-bond acceptors (Lipinski definition) is 5. The van der Waals surface area contributed by atoms with Gasteiger partial charge in [-0.3, -0.25) is 19.7 Å². The van der Waals surface area contributed by atoms with E-state index in [0.717, 1.165) is 67.3 Å². The molecule has 5 rings (SSSR count). The van der Waals surface area contributed by atoms with E-state index < -0.39 is 0 Å². The molecule has 8 nitrogen and oxygen atoms in total. The Morgan fingerprint density at radius 1 is 1.09 bits per heavy atom. The molecule has 3 aromatic rings. The van der Waals surface area contributed by atoms with E-state index in [-0.39, 0.29) is 23.8 Å². The maximum absolute atomic E-state index is 13.1. The molecule has 0 radical (unpaired) electrons. The van der Waals surface area contributed by atoms with Gasteiger partial charge in [0.15, 0.2) is 5.69 Å².